The van der Waals surface area contributed by atoms with E-state index in [0.29, 0.717) is 16.5 Å². The van der Waals surface area contributed by atoms with E-state index in [1.165, 1.54) is 38.1 Å². The molecule has 2 aromatic heterocycles. The highest BCUT2D eigenvalue weighted by atomic mass is 32.2. The highest BCUT2D eigenvalue weighted by Gasteiger charge is 2.22. The molecule has 0 bridgehead atoms. The van der Waals surface area contributed by atoms with Gasteiger partial charge in [-0.15, -0.1) is 10.2 Å². The van der Waals surface area contributed by atoms with Crippen LogP contribution in [0.15, 0.2) is 84.4 Å². The van der Waals surface area contributed by atoms with Crippen LogP contribution in [0.4, 0.5) is 33.1 Å². The number of aromatic nitrogens is 4. The Kier molecular flexibility index (Phi) is 9.10. The summed E-state index contributed by atoms with van der Waals surface area (Å²) in [5.41, 5.74) is -2.43. The third-order valence-corrected chi connectivity index (χ3v) is 8.67. The molecule has 0 unspecified atom stereocenters. The average molecular weight is 714 g/mol. The fourth-order valence-corrected chi connectivity index (χ4v) is 5.78. The molecule has 0 spiro atoms. The van der Waals surface area contributed by atoms with Crippen molar-refractivity contribution >= 4 is 65.6 Å². The fraction of sp³-hybridized carbons (Fsp3) is 0.107. The summed E-state index contributed by atoms with van der Waals surface area (Å²) < 4.78 is 81.4. The number of benzene rings is 3. The smallest absolute Gasteiger partial charge is 0.296 e. The average Bonchev–Trinajstić information content (AvgIpc) is 2.99. The SMILES string of the molecule is CCn1c(O)c(N=Nc2cc(N=c3nc(Nc4ccc5cc(S(=O)(=O)O)ccc5c4)nc(F)[nH]3)ccc2S(=O)(=O)O)c(C)c(C(=N)O)c1=O. The normalized spacial score (nSPS) is 12.6. The van der Waals surface area contributed by atoms with Gasteiger partial charge < -0.3 is 15.5 Å². The Hall–Kier alpha value is -5.90. The Morgan fingerprint density at radius 2 is 1.69 bits per heavy atom. The summed E-state index contributed by atoms with van der Waals surface area (Å²) in [6.45, 7) is 2.69. The molecule has 2 heterocycles. The third-order valence-electron chi connectivity index (χ3n) is 6.92. The van der Waals surface area contributed by atoms with Crippen molar-refractivity contribution in [3.05, 3.63) is 87.8 Å². The molecule has 0 aliphatic carbocycles. The van der Waals surface area contributed by atoms with Crippen LogP contribution in [0.25, 0.3) is 10.8 Å². The van der Waals surface area contributed by atoms with E-state index >= 15 is 0 Å². The number of halogens is 1. The number of nitrogens with one attached hydrogen (secondary N) is 3. The lowest BCUT2D eigenvalue weighted by atomic mass is 10.1. The molecular formula is C28H24FN9O9S2. The van der Waals surface area contributed by atoms with Crippen LogP contribution in [-0.4, -0.2) is 61.6 Å². The standard InChI is InChI=1S/C28H24FN9O9S2/c1-3-38-24(40)21(23(30)39)13(2)22(25(38)41)37-36-19-12-17(7-9-20(19)49(45,46)47)32-28-34-26(29)33-27(35-28)31-16-6-4-15-11-18(48(42,43)44)8-5-14(15)10-16/h4-12,41H,3H2,1-2H3,(H2,30,39)(H,42,43,44)(H,45,46,47)(H2,31,32,33,34,35). The topological polar surface area (TPSA) is 286 Å². The Morgan fingerprint density at radius 1 is 1.00 bits per heavy atom. The highest BCUT2D eigenvalue weighted by Crippen LogP contribution is 2.35. The summed E-state index contributed by atoms with van der Waals surface area (Å²) in [6.07, 6.45) is -1.12. The Labute approximate surface area is 275 Å². The molecule has 18 nitrogen and oxygen atoms in total. The first kappa shape index (κ1) is 34.4. The van der Waals surface area contributed by atoms with E-state index in [1.807, 2.05) is 0 Å². The molecule has 254 valence electrons. The number of aromatic hydroxyl groups is 1. The molecule has 5 rings (SSSR count). The van der Waals surface area contributed by atoms with Crippen LogP contribution >= 0.6 is 0 Å². The minimum Gasteiger partial charge on any atom is -0.493 e. The summed E-state index contributed by atoms with van der Waals surface area (Å²) in [5.74, 6) is -2.05. The molecular weight excluding hydrogens is 689 g/mol. The third kappa shape index (κ3) is 7.33. The summed E-state index contributed by atoms with van der Waals surface area (Å²) >= 11 is 0. The van der Waals surface area contributed by atoms with Crippen LogP contribution in [0.1, 0.15) is 18.1 Å². The molecule has 0 amide bonds. The van der Waals surface area contributed by atoms with Gasteiger partial charge in [0.2, 0.25) is 23.3 Å². The number of aromatic amines is 1. The van der Waals surface area contributed by atoms with Gasteiger partial charge in [0.15, 0.2) is 0 Å². The molecule has 3 aromatic carbocycles. The zero-order chi connectivity index (χ0) is 35.8. The first-order chi connectivity index (χ1) is 23.0. The van der Waals surface area contributed by atoms with E-state index in [4.69, 9.17) is 5.41 Å². The lowest BCUT2D eigenvalue weighted by Crippen LogP contribution is -2.27. The number of aliphatic hydroxyl groups excluding tert-OH is 1. The predicted octanol–water partition coefficient (Wildman–Crippen LogP) is 4.06. The molecule has 7 N–H and O–H groups in total. The van der Waals surface area contributed by atoms with Crippen LogP contribution in [0.2, 0.25) is 0 Å². The first-order valence-electron chi connectivity index (χ1n) is 13.7. The van der Waals surface area contributed by atoms with Gasteiger partial charge >= 0.3 is 0 Å². The van der Waals surface area contributed by atoms with E-state index in [2.05, 4.69) is 35.5 Å². The van der Waals surface area contributed by atoms with E-state index in [9.17, 15) is 45.3 Å². The van der Waals surface area contributed by atoms with Gasteiger partial charge in [0.05, 0.1) is 10.6 Å². The second kappa shape index (κ2) is 13.0. The minimum atomic E-state index is -4.90. The minimum absolute atomic E-state index is 0.0701. The van der Waals surface area contributed by atoms with Gasteiger partial charge in [-0.1, -0.05) is 12.1 Å². The summed E-state index contributed by atoms with van der Waals surface area (Å²) in [7, 11) is -9.31. The van der Waals surface area contributed by atoms with Crippen molar-refractivity contribution in [2.45, 2.75) is 30.2 Å². The Morgan fingerprint density at radius 3 is 2.35 bits per heavy atom. The zero-order valence-corrected chi connectivity index (χ0v) is 26.7. The van der Waals surface area contributed by atoms with Gasteiger partial charge in [-0.05, 0) is 67.1 Å². The van der Waals surface area contributed by atoms with Gasteiger partial charge in [0.1, 0.15) is 21.8 Å². The second-order valence-corrected chi connectivity index (χ2v) is 12.9. The maximum Gasteiger partial charge on any atom is 0.296 e. The Balaban J connectivity index is 1.54. The molecule has 0 fully saturated rings. The number of azo groups is 1. The Bertz CT molecular complexity index is 2570. The van der Waals surface area contributed by atoms with Gasteiger partial charge in [0.25, 0.3) is 31.9 Å². The van der Waals surface area contributed by atoms with Crippen molar-refractivity contribution in [1.82, 2.24) is 19.5 Å². The van der Waals surface area contributed by atoms with Crippen molar-refractivity contribution in [2.24, 2.45) is 15.2 Å². The predicted molar refractivity (Wildman–Crippen MR) is 171 cm³/mol. The largest absolute Gasteiger partial charge is 0.493 e. The summed E-state index contributed by atoms with van der Waals surface area (Å²) in [4.78, 5) is 25.6. The number of hydrogen-bond donors (Lipinski definition) is 7. The number of H-pyrrole nitrogens is 1. The molecule has 49 heavy (non-hydrogen) atoms. The van der Waals surface area contributed by atoms with Crippen LogP contribution in [-0.2, 0) is 26.8 Å². The number of anilines is 2. The van der Waals surface area contributed by atoms with Crippen molar-refractivity contribution in [3.63, 3.8) is 0 Å². The van der Waals surface area contributed by atoms with Gasteiger partial charge in [-0.3, -0.25) is 28.9 Å². The van der Waals surface area contributed by atoms with Crippen LogP contribution in [0.3, 0.4) is 0 Å². The number of pyridine rings is 1. The van der Waals surface area contributed by atoms with Crippen molar-refractivity contribution < 1.29 is 40.5 Å². The molecule has 0 saturated heterocycles. The lowest BCUT2D eigenvalue weighted by molar-refractivity contribution is 0.411. The van der Waals surface area contributed by atoms with Gasteiger partial charge in [-0.2, -0.15) is 31.2 Å². The van der Waals surface area contributed by atoms with Crippen LogP contribution in [0.5, 0.6) is 5.88 Å². The molecule has 0 atom stereocenters. The summed E-state index contributed by atoms with van der Waals surface area (Å²) in [6, 6.07) is 11.7. The second-order valence-electron chi connectivity index (χ2n) is 10.1. The van der Waals surface area contributed by atoms with E-state index in [-0.39, 0.29) is 39.9 Å². The van der Waals surface area contributed by atoms with Gasteiger partial charge in [0, 0.05) is 17.8 Å². The lowest BCUT2D eigenvalue weighted by Gasteiger charge is -2.13. The number of rotatable bonds is 9. The molecule has 0 saturated carbocycles. The molecule has 5 aromatic rings. The highest BCUT2D eigenvalue weighted by molar-refractivity contribution is 7.86. The van der Waals surface area contributed by atoms with Gasteiger partial charge in [-0.25, -0.2) is 4.99 Å². The zero-order valence-electron chi connectivity index (χ0n) is 25.1. The molecule has 0 aliphatic heterocycles. The first-order valence-corrected chi connectivity index (χ1v) is 16.6. The molecule has 0 aliphatic rings. The number of hydrogen-bond acceptors (Lipinski definition) is 13. The quantitative estimate of drug-likeness (QED) is 0.0493. The van der Waals surface area contributed by atoms with Crippen molar-refractivity contribution in [3.8, 4) is 5.88 Å². The van der Waals surface area contributed by atoms with E-state index < -0.39 is 59.8 Å². The monoisotopic (exact) mass is 713 g/mol. The molecule has 0 radical (unpaired) electrons. The number of nitrogens with zero attached hydrogens (tertiary/aromatic N) is 6. The van der Waals surface area contributed by atoms with E-state index in [0.717, 1.165) is 22.8 Å². The van der Waals surface area contributed by atoms with E-state index in [1.54, 1.807) is 12.1 Å². The van der Waals surface area contributed by atoms with Crippen LogP contribution in [0, 0.1) is 18.4 Å². The maximum absolute atomic E-state index is 14.5. The van der Waals surface area contributed by atoms with Crippen LogP contribution < -0.4 is 16.5 Å². The maximum atomic E-state index is 14.5. The molecule has 21 heteroatoms. The fourth-order valence-electron chi connectivity index (χ4n) is 4.66. The number of aliphatic hydroxyl groups is 1. The van der Waals surface area contributed by atoms with Crippen molar-refractivity contribution in [1.29, 1.82) is 5.41 Å². The number of fused-ring (bicyclic) bond motifs is 1. The summed E-state index contributed by atoms with van der Waals surface area (Å²) in [5, 5.41) is 39.5. The van der Waals surface area contributed by atoms with Crippen molar-refractivity contribution in [2.75, 3.05) is 5.32 Å².